The molecule has 0 bridgehead atoms. The first-order chi connectivity index (χ1) is 8.70. The molecule has 1 saturated carbocycles. The minimum atomic E-state index is -0.300. The first-order valence-electron chi connectivity index (χ1n) is 6.28. The molecule has 1 aromatic rings. The van der Waals surface area contributed by atoms with Gasteiger partial charge in [-0.2, -0.15) is 4.98 Å². The van der Waals surface area contributed by atoms with E-state index in [0.717, 1.165) is 25.7 Å². The molecular formula is C12H15ClN4O. The number of fused-ring (bicyclic) bond motifs is 1. The van der Waals surface area contributed by atoms with Gasteiger partial charge in [-0.1, -0.05) is 19.3 Å². The molecule has 0 unspecified atom stereocenters. The molecular weight excluding hydrogens is 252 g/mol. The van der Waals surface area contributed by atoms with Crippen LogP contribution < -0.4 is 10.6 Å². The number of halogens is 1. The standard InChI is InChI=1S/C12H15ClN4O/c13-11-14-6-8-9(17-11)15-7-12(10(18)16-8)4-2-1-3-5-12/h6H,1-5,7H2,(H,16,18)(H,14,15,17). The number of hydrogen-bond donors (Lipinski definition) is 2. The fourth-order valence-electron chi connectivity index (χ4n) is 2.81. The minimum absolute atomic E-state index is 0.0828. The Labute approximate surface area is 110 Å². The van der Waals surface area contributed by atoms with Crippen LogP contribution in [0.1, 0.15) is 32.1 Å². The highest BCUT2D eigenvalue weighted by Crippen LogP contribution is 2.40. The Bertz CT molecular complexity index is 485. The van der Waals surface area contributed by atoms with Crippen molar-refractivity contribution >= 4 is 29.0 Å². The van der Waals surface area contributed by atoms with Gasteiger partial charge in [-0.15, -0.1) is 0 Å². The molecule has 1 spiro atoms. The molecule has 0 aromatic carbocycles. The summed E-state index contributed by atoms with van der Waals surface area (Å²) in [6, 6.07) is 0. The zero-order valence-electron chi connectivity index (χ0n) is 10.0. The van der Waals surface area contributed by atoms with Gasteiger partial charge >= 0.3 is 0 Å². The summed E-state index contributed by atoms with van der Waals surface area (Å²) in [6.45, 7) is 0.624. The number of anilines is 2. The molecule has 1 aromatic heterocycles. The maximum Gasteiger partial charge on any atom is 0.232 e. The largest absolute Gasteiger partial charge is 0.367 e. The third kappa shape index (κ3) is 1.92. The lowest BCUT2D eigenvalue weighted by molar-refractivity contribution is -0.126. The molecule has 6 heteroatoms. The summed E-state index contributed by atoms with van der Waals surface area (Å²) >= 11 is 5.77. The Kier molecular flexibility index (Phi) is 2.86. The highest BCUT2D eigenvalue weighted by Gasteiger charge is 2.41. The van der Waals surface area contributed by atoms with Crippen LogP contribution in [0.5, 0.6) is 0 Å². The minimum Gasteiger partial charge on any atom is -0.367 e. The van der Waals surface area contributed by atoms with Gasteiger partial charge in [0.15, 0.2) is 5.82 Å². The van der Waals surface area contributed by atoms with Crippen LogP contribution in [0.15, 0.2) is 6.20 Å². The maximum absolute atomic E-state index is 12.4. The zero-order valence-corrected chi connectivity index (χ0v) is 10.8. The van der Waals surface area contributed by atoms with Gasteiger partial charge in [0.1, 0.15) is 5.69 Å². The summed E-state index contributed by atoms with van der Waals surface area (Å²) in [5.41, 5.74) is 0.317. The topological polar surface area (TPSA) is 66.9 Å². The average molecular weight is 267 g/mol. The molecule has 5 nitrogen and oxygen atoms in total. The van der Waals surface area contributed by atoms with E-state index in [1.165, 1.54) is 6.42 Å². The second kappa shape index (κ2) is 4.39. The molecule has 0 saturated heterocycles. The lowest BCUT2D eigenvalue weighted by Gasteiger charge is -2.34. The molecule has 2 heterocycles. The van der Waals surface area contributed by atoms with E-state index >= 15 is 0 Å². The van der Waals surface area contributed by atoms with Crippen LogP contribution in [0, 0.1) is 5.41 Å². The van der Waals surface area contributed by atoms with Gasteiger partial charge in [-0.25, -0.2) is 4.98 Å². The number of nitrogens with zero attached hydrogens (tertiary/aromatic N) is 2. The van der Waals surface area contributed by atoms with E-state index in [4.69, 9.17) is 11.6 Å². The van der Waals surface area contributed by atoms with Crippen molar-refractivity contribution in [2.24, 2.45) is 5.41 Å². The zero-order chi connectivity index (χ0) is 12.6. The molecule has 1 fully saturated rings. The lowest BCUT2D eigenvalue weighted by atomic mass is 9.73. The van der Waals surface area contributed by atoms with Crippen LogP contribution in [0.4, 0.5) is 11.5 Å². The molecule has 2 N–H and O–H groups in total. The van der Waals surface area contributed by atoms with Crippen LogP contribution in [0.25, 0.3) is 0 Å². The molecule has 1 aliphatic carbocycles. The number of amides is 1. The first-order valence-corrected chi connectivity index (χ1v) is 6.65. The van der Waals surface area contributed by atoms with Crippen molar-refractivity contribution in [1.82, 2.24) is 9.97 Å². The van der Waals surface area contributed by atoms with E-state index in [1.807, 2.05) is 0 Å². The van der Waals surface area contributed by atoms with Gasteiger partial charge in [0.2, 0.25) is 11.2 Å². The van der Waals surface area contributed by atoms with Crippen molar-refractivity contribution in [1.29, 1.82) is 0 Å². The van der Waals surface area contributed by atoms with E-state index in [-0.39, 0.29) is 16.6 Å². The molecule has 1 amide bonds. The van der Waals surface area contributed by atoms with E-state index in [1.54, 1.807) is 6.20 Å². The fourth-order valence-corrected chi connectivity index (χ4v) is 2.94. The highest BCUT2D eigenvalue weighted by atomic mass is 35.5. The summed E-state index contributed by atoms with van der Waals surface area (Å²) in [6.07, 6.45) is 6.85. The smallest absolute Gasteiger partial charge is 0.232 e. The quantitative estimate of drug-likeness (QED) is 0.708. The molecule has 96 valence electrons. The van der Waals surface area contributed by atoms with Crippen LogP contribution in [0.2, 0.25) is 5.28 Å². The third-order valence-electron chi connectivity index (χ3n) is 3.89. The van der Waals surface area contributed by atoms with Crippen LogP contribution in [-0.2, 0) is 4.79 Å². The molecule has 2 aliphatic rings. The van der Waals surface area contributed by atoms with E-state index in [9.17, 15) is 4.79 Å². The summed E-state index contributed by atoms with van der Waals surface area (Å²) in [5.74, 6) is 0.699. The van der Waals surface area contributed by atoms with Gasteiger partial charge in [-0.3, -0.25) is 4.79 Å². The summed E-state index contributed by atoms with van der Waals surface area (Å²) in [5, 5.41) is 6.35. The molecule has 18 heavy (non-hydrogen) atoms. The lowest BCUT2D eigenvalue weighted by Crippen LogP contribution is -2.41. The summed E-state index contributed by atoms with van der Waals surface area (Å²) in [7, 11) is 0. The van der Waals surface area contributed by atoms with E-state index < -0.39 is 0 Å². The third-order valence-corrected chi connectivity index (χ3v) is 4.08. The second-order valence-corrected chi connectivity index (χ2v) is 5.39. The van der Waals surface area contributed by atoms with Crippen LogP contribution in [-0.4, -0.2) is 22.4 Å². The molecule has 3 rings (SSSR count). The van der Waals surface area contributed by atoms with Gasteiger partial charge < -0.3 is 10.6 Å². The van der Waals surface area contributed by atoms with E-state index in [0.29, 0.717) is 18.1 Å². The highest BCUT2D eigenvalue weighted by molar-refractivity contribution is 6.28. The SMILES string of the molecule is O=C1Nc2cnc(Cl)nc2NCC12CCCCC2. The van der Waals surface area contributed by atoms with E-state index in [2.05, 4.69) is 20.6 Å². The van der Waals surface area contributed by atoms with Crippen molar-refractivity contribution in [2.45, 2.75) is 32.1 Å². The Morgan fingerprint density at radius 2 is 2.06 bits per heavy atom. The van der Waals surface area contributed by atoms with Crippen LogP contribution in [0.3, 0.4) is 0 Å². The molecule has 0 atom stereocenters. The number of carbonyl (C=O) groups excluding carboxylic acids is 1. The molecule has 0 radical (unpaired) electrons. The van der Waals surface area contributed by atoms with Crippen molar-refractivity contribution in [3.63, 3.8) is 0 Å². The average Bonchev–Trinajstić information content (AvgIpc) is 2.51. The Balaban J connectivity index is 1.92. The monoisotopic (exact) mass is 266 g/mol. The number of hydrogen-bond acceptors (Lipinski definition) is 4. The number of aromatic nitrogens is 2. The van der Waals surface area contributed by atoms with Crippen molar-refractivity contribution < 1.29 is 4.79 Å². The number of rotatable bonds is 0. The van der Waals surface area contributed by atoms with Crippen molar-refractivity contribution in [2.75, 3.05) is 17.2 Å². The number of nitrogens with one attached hydrogen (secondary N) is 2. The van der Waals surface area contributed by atoms with Gasteiger partial charge in [0.25, 0.3) is 0 Å². The van der Waals surface area contributed by atoms with Gasteiger partial charge in [0.05, 0.1) is 11.6 Å². The normalized spacial score (nSPS) is 21.7. The summed E-state index contributed by atoms with van der Waals surface area (Å²) < 4.78 is 0. The Hall–Kier alpha value is -1.36. The maximum atomic E-state index is 12.4. The molecule has 1 aliphatic heterocycles. The van der Waals surface area contributed by atoms with Crippen LogP contribution >= 0.6 is 11.6 Å². The predicted octanol–water partition coefficient (Wildman–Crippen LogP) is 2.44. The van der Waals surface area contributed by atoms with Gasteiger partial charge in [0, 0.05) is 6.54 Å². The van der Waals surface area contributed by atoms with Crippen molar-refractivity contribution in [3.05, 3.63) is 11.5 Å². The predicted molar refractivity (Wildman–Crippen MR) is 69.7 cm³/mol. The second-order valence-electron chi connectivity index (χ2n) is 5.05. The van der Waals surface area contributed by atoms with Gasteiger partial charge in [-0.05, 0) is 24.4 Å². The first kappa shape index (κ1) is 11.7. The Morgan fingerprint density at radius 1 is 1.28 bits per heavy atom. The Morgan fingerprint density at radius 3 is 2.83 bits per heavy atom. The fraction of sp³-hybridized carbons (Fsp3) is 0.583. The summed E-state index contributed by atoms with van der Waals surface area (Å²) in [4.78, 5) is 20.4. The number of carbonyl (C=O) groups is 1. The van der Waals surface area contributed by atoms with Crippen molar-refractivity contribution in [3.8, 4) is 0 Å².